The Morgan fingerprint density at radius 3 is 2.72 bits per heavy atom. The third kappa shape index (κ3) is 3.44. The van der Waals surface area contributed by atoms with Crippen molar-refractivity contribution in [1.82, 2.24) is 10.6 Å². The van der Waals surface area contributed by atoms with E-state index in [2.05, 4.69) is 16.0 Å². The highest BCUT2D eigenvalue weighted by molar-refractivity contribution is 7.80. The molecule has 1 amide bonds. The van der Waals surface area contributed by atoms with Crippen LogP contribution in [0.5, 0.6) is 17.2 Å². The van der Waals surface area contributed by atoms with E-state index in [-0.39, 0.29) is 11.9 Å². The molecule has 3 atom stereocenters. The van der Waals surface area contributed by atoms with Crippen LogP contribution in [0.25, 0.3) is 0 Å². The molecule has 0 aromatic heterocycles. The lowest BCUT2D eigenvalue weighted by Crippen LogP contribution is -2.70. The SMILES string of the molecule is CCOc1cccc2c1O[C@@]1(C)NC(=S)N[C@H]2[C@@H]1C(=O)Nc1ccc(OC)cc1. The van der Waals surface area contributed by atoms with Crippen LogP contribution in [0.4, 0.5) is 5.69 Å². The van der Waals surface area contributed by atoms with E-state index < -0.39 is 11.6 Å². The first-order valence-corrected chi connectivity index (χ1v) is 9.84. The van der Waals surface area contributed by atoms with Crippen molar-refractivity contribution < 1.29 is 19.0 Å². The summed E-state index contributed by atoms with van der Waals surface area (Å²) in [6, 6.07) is 12.5. The number of carbonyl (C=O) groups is 1. The number of amides is 1. The number of carbonyl (C=O) groups excluding carboxylic acids is 1. The van der Waals surface area contributed by atoms with Crippen molar-refractivity contribution in [2.45, 2.75) is 25.6 Å². The summed E-state index contributed by atoms with van der Waals surface area (Å²) in [4.78, 5) is 13.3. The topological polar surface area (TPSA) is 80.9 Å². The summed E-state index contributed by atoms with van der Waals surface area (Å²) < 4.78 is 17.2. The smallest absolute Gasteiger partial charge is 0.236 e. The highest BCUT2D eigenvalue weighted by atomic mass is 32.1. The van der Waals surface area contributed by atoms with Gasteiger partial charge in [-0.25, -0.2) is 0 Å². The van der Waals surface area contributed by atoms with E-state index in [1.54, 1.807) is 31.4 Å². The van der Waals surface area contributed by atoms with E-state index in [1.807, 2.05) is 32.0 Å². The average molecular weight is 413 g/mol. The second kappa shape index (κ2) is 7.44. The molecule has 0 unspecified atom stereocenters. The van der Waals surface area contributed by atoms with Gasteiger partial charge in [-0.05, 0) is 56.4 Å². The summed E-state index contributed by atoms with van der Waals surface area (Å²) in [5.74, 6) is 1.24. The molecule has 0 aliphatic carbocycles. The van der Waals surface area contributed by atoms with Gasteiger partial charge >= 0.3 is 0 Å². The predicted molar refractivity (Wildman–Crippen MR) is 113 cm³/mol. The van der Waals surface area contributed by atoms with E-state index in [4.69, 9.17) is 26.4 Å². The maximum Gasteiger partial charge on any atom is 0.236 e. The number of benzene rings is 2. The Labute approximate surface area is 174 Å². The first-order chi connectivity index (χ1) is 13.9. The maximum absolute atomic E-state index is 13.3. The number of para-hydroxylation sites is 1. The summed E-state index contributed by atoms with van der Waals surface area (Å²) >= 11 is 5.36. The predicted octanol–water partition coefficient (Wildman–Crippen LogP) is 2.98. The van der Waals surface area contributed by atoms with Crippen LogP contribution in [0.2, 0.25) is 0 Å². The molecule has 2 aliphatic heterocycles. The number of nitrogens with one attached hydrogen (secondary N) is 3. The molecular weight excluding hydrogens is 390 g/mol. The largest absolute Gasteiger partial charge is 0.497 e. The van der Waals surface area contributed by atoms with E-state index in [0.717, 1.165) is 11.3 Å². The molecule has 0 spiro atoms. The molecule has 1 saturated heterocycles. The van der Waals surface area contributed by atoms with Crippen molar-refractivity contribution >= 4 is 28.9 Å². The molecule has 29 heavy (non-hydrogen) atoms. The summed E-state index contributed by atoms with van der Waals surface area (Å²) in [7, 11) is 1.60. The van der Waals surface area contributed by atoms with Gasteiger partial charge in [0.2, 0.25) is 5.91 Å². The highest BCUT2D eigenvalue weighted by Crippen LogP contribution is 2.48. The van der Waals surface area contributed by atoms with Gasteiger partial charge in [0, 0.05) is 11.3 Å². The maximum atomic E-state index is 13.3. The number of rotatable bonds is 5. The Morgan fingerprint density at radius 1 is 1.28 bits per heavy atom. The molecule has 2 heterocycles. The van der Waals surface area contributed by atoms with Crippen LogP contribution >= 0.6 is 12.2 Å². The zero-order chi connectivity index (χ0) is 20.6. The fourth-order valence-electron chi connectivity index (χ4n) is 3.89. The quantitative estimate of drug-likeness (QED) is 0.650. The number of fused-ring (bicyclic) bond motifs is 4. The average Bonchev–Trinajstić information content (AvgIpc) is 2.68. The standard InChI is InChI=1S/C21H23N3O4S/c1-4-27-15-7-5-6-14-17-16(21(2,28-18(14)15)24-20(29)23-17)19(25)22-12-8-10-13(26-3)11-9-12/h5-11,16-17H,4H2,1-3H3,(H,22,25)(H2,23,24,29)/t16-,17-,21-/m1/s1. The van der Waals surface area contributed by atoms with Crippen LogP contribution in [0.1, 0.15) is 25.5 Å². The fraction of sp³-hybridized carbons (Fsp3) is 0.333. The Bertz CT molecular complexity index is 949. The van der Waals surface area contributed by atoms with E-state index in [1.165, 1.54) is 0 Å². The lowest BCUT2D eigenvalue weighted by atomic mass is 9.79. The third-order valence-corrected chi connectivity index (χ3v) is 5.39. The van der Waals surface area contributed by atoms with Gasteiger partial charge in [-0.2, -0.15) is 0 Å². The minimum atomic E-state index is -1.02. The van der Waals surface area contributed by atoms with Gasteiger partial charge in [0.1, 0.15) is 11.7 Å². The lowest BCUT2D eigenvalue weighted by molar-refractivity contribution is -0.132. The molecule has 2 aromatic carbocycles. The molecule has 1 fully saturated rings. The van der Waals surface area contributed by atoms with Crippen molar-refractivity contribution in [3.8, 4) is 17.2 Å². The molecule has 8 heteroatoms. The lowest BCUT2D eigenvalue weighted by Gasteiger charge is -2.50. The normalized spacial score (nSPS) is 24.3. The number of thiocarbonyl (C=S) groups is 1. The summed E-state index contributed by atoms with van der Waals surface area (Å²) in [6.07, 6.45) is 0. The van der Waals surface area contributed by atoms with E-state index in [0.29, 0.717) is 28.9 Å². The molecule has 2 aromatic rings. The first-order valence-electron chi connectivity index (χ1n) is 9.43. The zero-order valence-corrected chi connectivity index (χ0v) is 17.3. The van der Waals surface area contributed by atoms with E-state index in [9.17, 15) is 4.79 Å². The van der Waals surface area contributed by atoms with Crippen molar-refractivity contribution in [2.75, 3.05) is 19.0 Å². The molecule has 0 radical (unpaired) electrons. The summed E-state index contributed by atoms with van der Waals surface area (Å²) in [5, 5.41) is 9.78. The number of ether oxygens (including phenoxy) is 3. The summed E-state index contributed by atoms with van der Waals surface area (Å²) in [5.41, 5.74) is 0.491. The molecule has 4 rings (SSSR count). The molecule has 2 aliphatic rings. The number of anilines is 1. The minimum Gasteiger partial charge on any atom is -0.497 e. The Kier molecular flexibility index (Phi) is 4.96. The van der Waals surface area contributed by atoms with Crippen LogP contribution in [0.15, 0.2) is 42.5 Å². The van der Waals surface area contributed by atoms with E-state index >= 15 is 0 Å². The molecule has 3 N–H and O–H groups in total. The van der Waals surface area contributed by atoms with Gasteiger partial charge in [-0.15, -0.1) is 0 Å². The van der Waals surface area contributed by atoms with Crippen LogP contribution in [0.3, 0.4) is 0 Å². The van der Waals surface area contributed by atoms with Gasteiger partial charge in [-0.1, -0.05) is 12.1 Å². The number of methoxy groups -OCH3 is 1. The number of hydrogen-bond acceptors (Lipinski definition) is 5. The van der Waals surface area contributed by atoms with Gasteiger partial charge in [-0.3, -0.25) is 4.79 Å². The molecule has 2 bridgehead atoms. The first kappa shape index (κ1) is 19.3. The molecule has 152 valence electrons. The molecule has 0 saturated carbocycles. The third-order valence-electron chi connectivity index (χ3n) is 5.17. The Morgan fingerprint density at radius 2 is 2.03 bits per heavy atom. The van der Waals surface area contributed by atoms with Crippen LogP contribution in [0, 0.1) is 5.92 Å². The van der Waals surface area contributed by atoms with Crippen LogP contribution < -0.4 is 30.2 Å². The van der Waals surface area contributed by atoms with Crippen molar-refractivity contribution in [3.63, 3.8) is 0 Å². The second-order valence-corrected chi connectivity index (χ2v) is 7.50. The second-order valence-electron chi connectivity index (χ2n) is 7.09. The Hall–Kier alpha value is -3.00. The highest BCUT2D eigenvalue weighted by Gasteiger charge is 2.55. The summed E-state index contributed by atoms with van der Waals surface area (Å²) in [6.45, 7) is 4.26. The minimum absolute atomic E-state index is 0.183. The van der Waals surface area contributed by atoms with Gasteiger partial charge in [0.15, 0.2) is 22.3 Å². The molecular formula is C21H23N3O4S. The number of hydrogen-bond donors (Lipinski definition) is 3. The zero-order valence-electron chi connectivity index (χ0n) is 16.4. The van der Waals surface area contributed by atoms with Gasteiger partial charge < -0.3 is 30.2 Å². The Balaban J connectivity index is 1.69. The molecule has 7 nitrogen and oxygen atoms in total. The van der Waals surface area contributed by atoms with Crippen LogP contribution in [-0.4, -0.2) is 30.5 Å². The van der Waals surface area contributed by atoms with Crippen molar-refractivity contribution in [1.29, 1.82) is 0 Å². The monoisotopic (exact) mass is 413 g/mol. The van der Waals surface area contributed by atoms with Crippen molar-refractivity contribution in [2.24, 2.45) is 5.92 Å². The van der Waals surface area contributed by atoms with Gasteiger partial charge in [0.05, 0.1) is 19.8 Å². The van der Waals surface area contributed by atoms with Gasteiger partial charge in [0.25, 0.3) is 0 Å². The fourth-order valence-corrected chi connectivity index (χ4v) is 4.22. The van der Waals surface area contributed by atoms with Crippen LogP contribution in [-0.2, 0) is 4.79 Å². The van der Waals surface area contributed by atoms with Crippen molar-refractivity contribution in [3.05, 3.63) is 48.0 Å².